The van der Waals surface area contributed by atoms with Gasteiger partial charge in [0, 0.05) is 19.9 Å². The van der Waals surface area contributed by atoms with E-state index in [-0.39, 0.29) is 11.6 Å². The van der Waals surface area contributed by atoms with Crippen LogP contribution in [0.5, 0.6) is 0 Å². The Morgan fingerprint density at radius 3 is 2.72 bits per heavy atom. The van der Waals surface area contributed by atoms with Crippen molar-refractivity contribution in [1.29, 1.82) is 0 Å². The minimum absolute atomic E-state index is 0.0396. The maximum Gasteiger partial charge on any atom is 0.0950 e. The largest absolute Gasteiger partial charge is 0.376 e. The highest BCUT2D eigenvalue weighted by atomic mass is 16.5. The number of ether oxygens (including phenoxy) is 1. The Morgan fingerprint density at radius 2 is 2.28 bits per heavy atom. The van der Waals surface area contributed by atoms with Crippen molar-refractivity contribution in [3.05, 3.63) is 18.2 Å². The first-order valence-corrected chi connectivity index (χ1v) is 7.06. The average molecular weight is 251 g/mol. The van der Waals surface area contributed by atoms with Crippen LogP contribution in [0.25, 0.3) is 0 Å². The molecule has 1 unspecified atom stereocenters. The number of aryl methyl sites for hydroxylation is 1. The molecule has 0 amide bonds. The molecule has 102 valence electrons. The van der Waals surface area contributed by atoms with Crippen molar-refractivity contribution in [1.82, 2.24) is 14.9 Å². The lowest BCUT2D eigenvalue weighted by molar-refractivity contribution is -0.101. The number of nitrogens with zero attached hydrogens (tertiary/aromatic N) is 2. The van der Waals surface area contributed by atoms with Gasteiger partial charge in [0.1, 0.15) is 0 Å². The van der Waals surface area contributed by atoms with Gasteiger partial charge in [0.25, 0.3) is 0 Å². The molecule has 1 atom stereocenters. The first-order valence-electron chi connectivity index (χ1n) is 7.06. The van der Waals surface area contributed by atoms with Crippen molar-refractivity contribution in [2.24, 2.45) is 0 Å². The third-order valence-corrected chi connectivity index (χ3v) is 4.05. The summed E-state index contributed by atoms with van der Waals surface area (Å²) in [4.78, 5) is 4.56. The third-order valence-electron chi connectivity index (χ3n) is 4.05. The van der Waals surface area contributed by atoms with E-state index in [0.29, 0.717) is 0 Å². The second kappa shape index (κ2) is 5.85. The molecule has 0 aromatic carbocycles. The molecule has 1 aliphatic carbocycles. The normalized spacial score (nSPS) is 19.5. The summed E-state index contributed by atoms with van der Waals surface area (Å²) in [6.07, 6.45) is 8.70. The number of rotatable bonds is 7. The standard InChI is InChI=1S/C14H25N3O/c1-4-9-15-13(14(18-3)7-6-8-14)12-10-17(5-2)11-16-12/h10-11,13,15H,4-9H2,1-3H3. The van der Waals surface area contributed by atoms with E-state index < -0.39 is 0 Å². The van der Waals surface area contributed by atoms with Crippen LogP contribution in [-0.4, -0.2) is 28.8 Å². The molecule has 1 saturated carbocycles. The molecule has 0 radical (unpaired) electrons. The smallest absolute Gasteiger partial charge is 0.0950 e. The predicted molar refractivity (Wildman–Crippen MR) is 72.5 cm³/mol. The summed E-state index contributed by atoms with van der Waals surface area (Å²) in [5.74, 6) is 0. The molecule has 1 aromatic rings. The first kappa shape index (κ1) is 13.6. The molecule has 2 rings (SSSR count). The van der Waals surface area contributed by atoms with Crippen LogP contribution < -0.4 is 5.32 Å². The van der Waals surface area contributed by atoms with Crippen LogP contribution in [-0.2, 0) is 11.3 Å². The fraction of sp³-hybridized carbons (Fsp3) is 0.786. The predicted octanol–water partition coefficient (Wildman–Crippen LogP) is 2.51. The summed E-state index contributed by atoms with van der Waals surface area (Å²) < 4.78 is 7.94. The average Bonchev–Trinajstić information content (AvgIpc) is 2.80. The Kier molecular flexibility index (Phi) is 4.40. The van der Waals surface area contributed by atoms with Gasteiger partial charge in [-0.3, -0.25) is 0 Å². The van der Waals surface area contributed by atoms with Crippen LogP contribution in [0.3, 0.4) is 0 Å². The summed E-state index contributed by atoms with van der Waals surface area (Å²) in [5.41, 5.74) is 1.08. The van der Waals surface area contributed by atoms with Gasteiger partial charge >= 0.3 is 0 Å². The van der Waals surface area contributed by atoms with Crippen LogP contribution in [0, 0.1) is 0 Å². The zero-order valence-electron chi connectivity index (χ0n) is 11.8. The van der Waals surface area contributed by atoms with Crippen molar-refractivity contribution in [3.8, 4) is 0 Å². The Hall–Kier alpha value is -0.870. The Bertz CT molecular complexity index is 365. The van der Waals surface area contributed by atoms with E-state index in [1.807, 2.05) is 13.4 Å². The van der Waals surface area contributed by atoms with Crippen LogP contribution in [0.1, 0.15) is 51.3 Å². The lowest BCUT2D eigenvalue weighted by Crippen LogP contribution is -2.50. The number of methoxy groups -OCH3 is 1. The van der Waals surface area contributed by atoms with Crippen LogP contribution in [0.2, 0.25) is 0 Å². The van der Waals surface area contributed by atoms with E-state index in [1.54, 1.807) is 0 Å². The lowest BCUT2D eigenvalue weighted by atomic mass is 9.73. The van der Waals surface area contributed by atoms with Gasteiger partial charge in [0.05, 0.1) is 23.7 Å². The van der Waals surface area contributed by atoms with E-state index in [2.05, 4.69) is 34.9 Å². The van der Waals surface area contributed by atoms with E-state index in [0.717, 1.165) is 38.0 Å². The molecule has 1 heterocycles. The van der Waals surface area contributed by atoms with Crippen molar-refractivity contribution in [3.63, 3.8) is 0 Å². The van der Waals surface area contributed by atoms with Crippen molar-refractivity contribution >= 4 is 0 Å². The highest BCUT2D eigenvalue weighted by Gasteiger charge is 2.45. The molecular weight excluding hydrogens is 226 g/mol. The van der Waals surface area contributed by atoms with Crippen molar-refractivity contribution < 1.29 is 4.74 Å². The van der Waals surface area contributed by atoms with Crippen LogP contribution in [0.4, 0.5) is 0 Å². The second-order valence-electron chi connectivity index (χ2n) is 5.14. The van der Waals surface area contributed by atoms with Gasteiger partial charge in [0.15, 0.2) is 0 Å². The Balaban J connectivity index is 2.18. The minimum Gasteiger partial charge on any atom is -0.376 e. The maximum absolute atomic E-state index is 5.82. The summed E-state index contributed by atoms with van der Waals surface area (Å²) in [7, 11) is 1.83. The third kappa shape index (κ3) is 2.45. The zero-order chi connectivity index (χ0) is 13.0. The highest BCUT2D eigenvalue weighted by Crippen LogP contribution is 2.44. The summed E-state index contributed by atoms with van der Waals surface area (Å²) >= 11 is 0. The van der Waals surface area contributed by atoms with Gasteiger partial charge in [-0.2, -0.15) is 0 Å². The Labute approximate surface area is 110 Å². The molecule has 1 aliphatic rings. The van der Waals surface area contributed by atoms with Gasteiger partial charge in [-0.25, -0.2) is 4.98 Å². The van der Waals surface area contributed by atoms with Gasteiger partial charge in [-0.05, 0) is 39.2 Å². The lowest BCUT2D eigenvalue weighted by Gasteiger charge is -2.46. The fourth-order valence-electron chi connectivity index (χ4n) is 2.68. The van der Waals surface area contributed by atoms with E-state index in [4.69, 9.17) is 4.74 Å². The summed E-state index contributed by atoms with van der Waals surface area (Å²) in [6, 6.07) is 0.226. The zero-order valence-corrected chi connectivity index (χ0v) is 11.8. The number of imidazole rings is 1. The van der Waals surface area contributed by atoms with Crippen LogP contribution >= 0.6 is 0 Å². The topological polar surface area (TPSA) is 39.1 Å². The minimum atomic E-state index is -0.0396. The number of hydrogen-bond donors (Lipinski definition) is 1. The molecule has 0 spiro atoms. The highest BCUT2D eigenvalue weighted by molar-refractivity contribution is 5.14. The Morgan fingerprint density at radius 1 is 1.50 bits per heavy atom. The van der Waals surface area contributed by atoms with E-state index >= 15 is 0 Å². The van der Waals surface area contributed by atoms with Gasteiger partial charge in [-0.15, -0.1) is 0 Å². The van der Waals surface area contributed by atoms with Gasteiger partial charge in [-0.1, -0.05) is 6.92 Å². The van der Waals surface area contributed by atoms with Gasteiger partial charge < -0.3 is 14.6 Å². The molecule has 1 fully saturated rings. The van der Waals surface area contributed by atoms with Crippen LogP contribution in [0.15, 0.2) is 12.5 Å². The van der Waals surface area contributed by atoms with Crippen molar-refractivity contribution in [2.45, 2.75) is 57.7 Å². The number of hydrogen-bond acceptors (Lipinski definition) is 3. The molecular formula is C14H25N3O. The summed E-state index contributed by atoms with van der Waals surface area (Å²) in [5, 5.41) is 3.62. The maximum atomic E-state index is 5.82. The number of nitrogens with one attached hydrogen (secondary N) is 1. The monoisotopic (exact) mass is 251 g/mol. The molecule has 1 aromatic heterocycles. The van der Waals surface area contributed by atoms with E-state index in [9.17, 15) is 0 Å². The fourth-order valence-corrected chi connectivity index (χ4v) is 2.68. The van der Waals surface area contributed by atoms with E-state index in [1.165, 1.54) is 6.42 Å². The SMILES string of the molecule is CCCNC(c1cn(CC)cn1)C1(OC)CCC1. The molecule has 18 heavy (non-hydrogen) atoms. The molecule has 4 nitrogen and oxygen atoms in total. The molecule has 0 bridgehead atoms. The second-order valence-corrected chi connectivity index (χ2v) is 5.14. The van der Waals surface area contributed by atoms with Crippen molar-refractivity contribution in [2.75, 3.05) is 13.7 Å². The van der Waals surface area contributed by atoms with Gasteiger partial charge in [0.2, 0.25) is 0 Å². The summed E-state index contributed by atoms with van der Waals surface area (Å²) in [6.45, 7) is 6.30. The first-order chi connectivity index (χ1) is 8.75. The number of aromatic nitrogens is 2. The molecule has 1 N–H and O–H groups in total. The quantitative estimate of drug-likeness (QED) is 0.809. The molecule has 0 aliphatic heterocycles. The molecule has 0 saturated heterocycles. The molecule has 4 heteroatoms.